The lowest BCUT2D eigenvalue weighted by Crippen LogP contribution is -2.22. The number of hydrogen-bond donors (Lipinski definition) is 2. The molecule has 0 bridgehead atoms. The van der Waals surface area contributed by atoms with Gasteiger partial charge >= 0.3 is 0 Å². The summed E-state index contributed by atoms with van der Waals surface area (Å²) in [5.74, 6) is 5.67. The number of rotatable bonds is 4. The van der Waals surface area contributed by atoms with Crippen LogP contribution in [0.25, 0.3) is 0 Å². The van der Waals surface area contributed by atoms with Crippen molar-refractivity contribution in [3.8, 4) is 11.8 Å². The van der Waals surface area contributed by atoms with Crippen molar-refractivity contribution < 1.29 is 9.90 Å². The summed E-state index contributed by atoms with van der Waals surface area (Å²) in [6.45, 7) is 0.583. The van der Waals surface area contributed by atoms with Crippen LogP contribution in [0.15, 0.2) is 40.2 Å². The minimum atomic E-state index is -0.102. The highest BCUT2D eigenvalue weighted by atomic mass is 79.9. The molecular formula is C16H14BrNO2S. The second-order valence-electron chi connectivity index (χ2n) is 4.27. The highest BCUT2D eigenvalue weighted by molar-refractivity contribution is 9.10. The Morgan fingerprint density at radius 1 is 1.33 bits per heavy atom. The van der Waals surface area contributed by atoms with E-state index in [0.29, 0.717) is 18.5 Å². The Bertz CT molecular complexity index is 668. The van der Waals surface area contributed by atoms with E-state index in [1.807, 2.05) is 11.4 Å². The van der Waals surface area contributed by atoms with Gasteiger partial charge in [0.15, 0.2) is 0 Å². The minimum Gasteiger partial charge on any atom is -0.395 e. The van der Waals surface area contributed by atoms with Crippen LogP contribution in [0.4, 0.5) is 0 Å². The van der Waals surface area contributed by atoms with Crippen LogP contribution in [0.1, 0.15) is 27.2 Å². The van der Waals surface area contributed by atoms with E-state index < -0.39 is 0 Å². The Balaban J connectivity index is 1.92. The van der Waals surface area contributed by atoms with Crippen molar-refractivity contribution in [1.29, 1.82) is 0 Å². The molecule has 2 N–H and O–H groups in total. The molecule has 0 radical (unpaired) electrons. The molecule has 108 valence electrons. The summed E-state index contributed by atoms with van der Waals surface area (Å²) in [5, 5.41) is 13.5. The maximum absolute atomic E-state index is 12.0. The van der Waals surface area contributed by atoms with Crippen molar-refractivity contribution in [1.82, 2.24) is 5.32 Å². The highest BCUT2D eigenvalue weighted by Gasteiger charge is 2.05. The second kappa shape index (κ2) is 7.99. The van der Waals surface area contributed by atoms with Crippen molar-refractivity contribution in [3.05, 3.63) is 56.2 Å². The summed E-state index contributed by atoms with van der Waals surface area (Å²) >= 11 is 4.99. The molecule has 1 amide bonds. The first-order valence-electron chi connectivity index (χ1n) is 6.40. The quantitative estimate of drug-likeness (QED) is 0.819. The lowest BCUT2D eigenvalue weighted by molar-refractivity contribution is 0.0951. The van der Waals surface area contributed by atoms with Gasteiger partial charge in [0.25, 0.3) is 5.91 Å². The molecule has 21 heavy (non-hydrogen) atoms. The van der Waals surface area contributed by atoms with Crippen LogP contribution in [0, 0.1) is 11.8 Å². The van der Waals surface area contributed by atoms with Gasteiger partial charge in [0, 0.05) is 32.3 Å². The Hall–Kier alpha value is -1.61. The van der Waals surface area contributed by atoms with Crippen LogP contribution in [0.3, 0.4) is 0 Å². The number of halogens is 1. The SMILES string of the molecule is O=C(NCc1cc(Br)cs1)c1ccc(C#CCCO)cc1. The molecule has 3 nitrogen and oxygen atoms in total. The van der Waals surface area contributed by atoms with Gasteiger partial charge in [-0.2, -0.15) is 0 Å². The molecule has 0 aliphatic heterocycles. The van der Waals surface area contributed by atoms with Gasteiger partial charge < -0.3 is 10.4 Å². The number of carbonyl (C=O) groups is 1. The van der Waals surface area contributed by atoms with Gasteiger partial charge in [-0.05, 0) is 46.3 Å². The van der Waals surface area contributed by atoms with E-state index in [0.717, 1.165) is 14.9 Å². The molecule has 1 heterocycles. The van der Waals surface area contributed by atoms with Crippen LogP contribution < -0.4 is 5.32 Å². The van der Waals surface area contributed by atoms with Gasteiger partial charge in [-0.3, -0.25) is 4.79 Å². The third kappa shape index (κ3) is 5.01. The van der Waals surface area contributed by atoms with Crippen molar-refractivity contribution in [2.45, 2.75) is 13.0 Å². The fourth-order valence-electron chi connectivity index (χ4n) is 1.64. The molecule has 2 aromatic rings. The molecule has 0 aliphatic rings. The van der Waals surface area contributed by atoms with E-state index >= 15 is 0 Å². The fraction of sp³-hybridized carbons (Fsp3) is 0.188. The van der Waals surface area contributed by atoms with Gasteiger partial charge in [0.1, 0.15) is 0 Å². The first-order valence-corrected chi connectivity index (χ1v) is 8.07. The standard InChI is InChI=1S/C16H14BrNO2S/c17-14-9-15(21-11-14)10-18-16(20)13-6-4-12(5-7-13)3-1-2-8-19/h4-7,9,11,19H,2,8,10H2,(H,18,20). The predicted octanol–water partition coefficient (Wildman–Crippen LogP) is 3.17. The number of thiophene rings is 1. The fourth-order valence-corrected chi connectivity index (χ4v) is 3.03. The van der Waals surface area contributed by atoms with Crippen molar-refractivity contribution in [3.63, 3.8) is 0 Å². The lowest BCUT2D eigenvalue weighted by atomic mass is 10.1. The Morgan fingerprint density at radius 2 is 2.10 bits per heavy atom. The predicted molar refractivity (Wildman–Crippen MR) is 88.2 cm³/mol. The number of aliphatic hydroxyl groups is 1. The van der Waals surface area contributed by atoms with Crippen LogP contribution in [0.5, 0.6) is 0 Å². The van der Waals surface area contributed by atoms with Crippen molar-refractivity contribution >= 4 is 33.2 Å². The van der Waals surface area contributed by atoms with E-state index in [1.165, 1.54) is 0 Å². The molecule has 0 spiro atoms. The number of hydrogen-bond acceptors (Lipinski definition) is 3. The largest absolute Gasteiger partial charge is 0.395 e. The van der Waals surface area contributed by atoms with Crippen LogP contribution >= 0.6 is 27.3 Å². The summed E-state index contributed by atoms with van der Waals surface area (Å²) in [5.41, 5.74) is 1.44. The third-order valence-electron chi connectivity index (χ3n) is 2.66. The number of nitrogens with one attached hydrogen (secondary N) is 1. The summed E-state index contributed by atoms with van der Waals surface area (Å²) < 4.78 is 1.03. The van der Waals surface area contributed by atoms with E-state index in [-0.39, 0.29) is 12.5 Å². The lowest BCUT2D eigenvalue weighted by Gasteiger charge is -2.03. The molecule has 1 aromatic heterocycles. The third-order valence-corrected chi connectivity index (χ3v) is 4.36. The summed E-state index contributed by atoms with van der Waals surface area (Å²) in [6, 6.07) is 9.11. The average molecular weight is 364 g/mol. The zero-order valence-corrected chi connectivity index (χ0v) is 13.6. The molecule has 0 saturated heterocycles. The van der Waals surface area contributed by atoms with Crippen LogP contribution in [-0.4, -0.2) is 17.6 Å². The number of amides is 1. The van der Waals surface area contributed by atoms with Crippen LogP contribution in [0.2, 0.25) is 0 Å². The normalized spacial score (nSPS) is 9.81. The Kier molecular flexibility index (Phi) is 6.00. The monoisotopic (exact) mass is 363 g/mol. The second-order valence-corrected chi connectivity index (χ2v) is 6.18. The molecule has 5 heteroatoms. The van der Waals surface area contributed by atoms with Gasteiger partial charge in [0.2, 0.25) is 0 Å². The smallest absolute Gasteiger partial charge is 0.251 e. The summed E-state index contributed by atoms with van der Waals surface area (Å²) in [6.07, 6.45) is 0.457. The average Bonchev–Trinajstić information content (AvgIpc) is 2.91. The number of aliphatic hydroxyl groups excluding tert-OH is 1. The minimum absolute atomic E-state index is 0.0618. The molecular weight excluding hydrogens is 350 g/mol. The number of benzene rings is 1. The van der Waals surface area contributed by atoms with E-state index in [9.17, 15) is 4.79 Å². The van der Waals surface area contributed by atoms with Gasteiger partial charge in [-0.25, -0.2) is 0 Å². The molecule has 0 fully saturated rings. The Labute approximate surface area is 136 Å². The number of carbonyl (C=O) groups excluding carboxylic acids is 1. The van der Waals surface area contributed by atoms with Gasteiger partial charge in [0.05, 0.1) is 13.2 Å². The molecule has 1 aromatic carbocycles. The zero-order valence-electron chi connectivity index (χ0n) is 11.2. The summed E-state index contributed by atoms with van der Waals surface area (Å²) in [4.78, 5) is 13.1. The van der Waals surface area contributed by atoms with Crippen molar-refractivity contribution in [2.24, 2.45) is 0 Å². The highest BCUT2D eigenvalue weighted by Crippen LogP contribution is 2.19. The van der Waals surface area contributed by atoms with E-state index in [1.54, 1.807) is 35.6 Å². The first-order chi connectivity index (χ1) is 10.2. The maximum atomic E-state index is 12.0. The zero-order chi connectivity index (χ0) is 15.1. The molecule has 0 saturated carbocycles. The molecule has 0 unspecified atom stereocenters. The van der Waals surface area contributed by atoms with Crippen LogP contribution in [-0.2, 0) is 6.54 Å². The molecule has 0 atom stereocenters. The van der Waals surface area contributed by atoms with Gasteiger partial charge in [-0.1, -0.05) is 11.8 Å². The van der Waals surface area contributed by atoms with E-state index in [2.05, 4.69) is 33.1 Å². The molecule has 0 aliphatic carbocycles. The topological polar surface area (TPSA) is 49.3 Å². The first kappa shape index (κ1) is 15.8. The van der Waals surface area contributed by atoms with E-state index in [4.69, 9.17) is 5.11 Å². The van der Waals surface area contributed by atoms with Crippen molar-refractivity contribution in [2.75, 3.05) is 6.61 Å². The Morgan fingerprint density at radius 3 is 2.71 bits per heavy atom. The molecule has 2 rings (SSSR count). The maximum Gasteiger partial charge on any atom is 0.251 e. The van der Waals surface area contributed by atoms with Gasteiger partial charge in [-0.15, -0.1) is 11.3 Å². The summed E-state index contributed by atoms with van der Waals surface area (Å²) in [7, 11) is 0.